The number of amides is 2. The van der Waals surface area contributed by atoms with Crippen molar-refractivity contribution in [3.05, 3.63) is 30.3 Å². The van der Waals surface area contributed by atoms with Crippen LogP contribution in [0.5, 0.6) is 0 Å². The predicted molar refractivity (Wildman–Crippen MR) is 52.6 cm³/mol. The number of carbonyl (C=O) groups is 2. The molecule has 0 aliphatic carbocycles. The van der Waals surface area contributed by atoms with Crippen LogP contribution in [-0.4, -0.2) is 11.1 Å². The van der Waals surface area contributed by atoms with Gasteiger partial charge in [0, 0.05) is 6.92 Å². The van der Waals surface area contributed by atoms with Crippen LogP contribution in [0.3, 0.4) is 0 Å². The van der Waals surface area contributed by atoms with Gasteiger partial charge in [-0.1, -0.05) is 18.2 Å². The fourth-order valence-electron chi connectivity index (χ4n) is 0.993. The van der Waals surface area contributed by atoms with Gasteiger partial charge in [-0.25, -0.2) is 4.90 Å². The minimum Gasteiger partial charge on any atom is -0.274 e. The van der Waals surface area contributed by atoms with E-state index in [2.05, 4.69) is 12.6 Å². The standard InChI is InChI=1S/C9H8NO2S/c1-7(11)10(9(12)13)8-5-3-2-4-6-8/h2-6H,1H3. The number of nitrogens with zero attached hydrogens (tertiary/aromatic N) is 1. The average Bonchev–Trinajstić information content (AvgIpc) is 2.04. The smallest absolute Gasteiger partial charge is 0.274 e. The molecule has 67 valence electrons. The van der Waals surface area contributed by atoms with Crippen molar-refractivity contribution in [3.63, 3.8) is 0 Å². The first-order valence-corrected chi connectivity index (χ1v) is 4.10. The van der Waals surface area contributed by atoms with Crippen LogP contribution in [0.15, 0.2) is 30.3 Å². The molecular formula is C9H8NO2S. The zero-order valence-corrected chi connectivity index (χ0v) is 7.88. The quantitative estimate of drug-likeness (QED) is 0.688. The van der Waals surface area contributed by atoms with Gasteiger partial charge < -0.3 is 0 Å². The van der Waals surface area contributed by atoms with E-state index in [1.807, 2.05) is 0 Å². The van der Waals surface area contributed by atoms with Gasteiger partial charge in [-0.2, -0.15) is 0 Å². The highest BCUT2D eigenvalue weighted by Gasteiger charge is 2.16. The van der Waals surface area contributed by atoms with E-state index in [0.717, 1.165) is 4.90 Å². The molecule has 1 radical (unpaired) electrons. The van der Waals surface area contributed by atoms with E-state index in [9.17, 15) is 9.59 Å². The van der Waals surface area contributed by atoms with Crippen LogP contribution in [0.1, 0.15) is 6.92 Å². The normalized spacial score (nSPS) is 9.31. The van der Waals surface area contributed by atoms with Crippen molar-refractivity contribution < 1.29 is 9.59 Å². The third-order valence-electron chi connectivity index (χ3n) is 1.51. The van der Waals surface area contributed by atoms with Crippen LogP contribution in [0.25, 0.3) is 0 Å². The minimum absolute atomic E-state index is 0.369. The van der Waals surface area contributed by atoms with Crippen molar-refractivity contribution in [2.24, 2.45) is 0 Å². The lowest BCUT2D eigenvalue weighted by molar-refractivity contribution is -0.115. The number of hydrogen-bond donors (Lipinski definition) is 0. The van der Waals surface area contributed by atoms with Gasteiger partial charge in [0.2, 0.25) is 5.91 Å². The zero-order chi connectivity index (χ0) is 9.84. The molecule has 0 aliphatic heterocycles. The number of para-hydroxylation sites is 1. The molecule has 0 atom stereocenters. The van der Waals surface area contributed by atoms with Crippen molar-refractivity contribution in [1.29, 1.82) is 0 Å². The Morgan fingerprint density at radius 1 is 1.23 bits per heavy atom. The summed E-state index contributed by atoms with van der Waals surface area (Å²) in [6.45, 7) is 1.30. The van der Waals surface area contributed by atoms with E-state index in [1.165, 1.54) is 6.92 Å². The third kappa shape index (κ3) is 2.26. The summed E-state index contributed by atoms with van der Waals surface area (Å²) in [7, 11) is 0. The van der Waals surface area contributed by atoms with Crippen LogP contribution in [-0.2, 0) is 4.79 Å². The summed E-state index contributed by atoms with van der Waals surface area (Å²) < 4.78 is 0. The fraction of sp³-hybridized carbons (Fsp3) is 0.111. The molecule has 2 amide bonds. The largest absolute Gasteiger partial charge is 0.324 e. The molecule has 0 N–H and O–H groups in total. The SMILES string of the molecule is CC(=O)N(C(=O)[S])c1ccccc1. The second-order valence-corrected chi connectivity index (χ2v) is 2.81. The van der Waals surface area contributed by atoms with E-state index in [0.29, 0.717) is 5.69 Å². The van der Waals surface area contributed by atoms with Crippen molar-refractivity contribution in [2.45, 2.75) is 6.92 Å². The summed E-state index contributed by atoms with van der Waals surface area (Å²) in [5.74, 6) is -0.369. The number of benzene rings is 1. The summed E-state index contributed by atoms with van der Waals surface area (Å²) in [5, 5.41) is -0.682. The Morgan fingerprint density at radius 3 is 2.15 bits per heavy atom. The molecule has 3 nitrogen and oxygen atoms in total. The number of imide groups is 1. The molecule has 0 spiro atoms. The Labute approximate surface area is 81.8 Å². The van der Waals surface area contributed by atoms with Gasteiger partial charge in [-0.05, 0) is 24.8 Å². The zero-order valence-electron chi connectivity index (χ0n) is 7.06. The molecule has 1 aromatic carbocycles. The van der Waals surface area contributed by atoms with Gasteiger partial charge in [-0.15, -0.1) is 0 Å². The van der Waals surface area contributed by atoms with Gasteiger partial charge in [-0.3, -0.25) is 9.59 Å². The number of hydrogen-bond acceptors (Lipinski definition) is 2. The first kappa shape index (κ1) is 9.67. The van der Waals surface area contributed by atoms with E-state index in [1.54, 1.807) is 30.3 Å². The summed E-state index contributed by atoms with van der Waals surface area (Å²) in [5.41, 5.74) is 0.509. The number of rotatable bonds is 1. The van der Waals surface area contributed by atoms with Gasteiger partial charge in [0.05, 0.1) is 5.69 Å². The predicted octanol–water partition coefficient (Wildman–Crippen LogP) is 2.36. The number of anilines is 1. The highest BCUT2D eigenvalue weighted by atomic mass is 32.1. The Bertz CT molecular complexity index is 310. The monoisotopic (exact) mass is 194 g/mol. The second-order valence-electron chi connectivity index (χ2n) is 2.46. The summed E-state index contributed by atoms with van der Waals surface area (Å²) >= 11 is 4.42. The molecule has 0 bridgehead atoms. The fourth-order valence-corrected chi connectivity index (χ4v) is 1.23. The first-order valence-electron chi connectivity index (χ1n) is 3.69. The molecule has 1 aromatic rings. The molecule has 4 heteroatoms. The van der Waals surface area contributed by atoms with E-state index >= 15 is 0 Å². The van der Waals surface area contributed by atoms with Crippen molar-refractivity contribution in [3.8, 4) is 0 Å². The van der Waals surface area contributed by atoms with E-state index in [-0.39, 0.29) is 5.91 Å². The van der Waals surface area contributed by atoms with Crippen LogP contribution < -0.4 is 4.90 Å². The van der Waals surface area contributed by atoms with Crippen LogP contribution in [0.4, 0.5) is 10.5 Å². The van der Waals surface area contributed by atoms with Gasteiger partial charge in [0.15, 0.2) is 0 Å². The molecule has 0 heterocycles. The topological polar surface area (TPSA) is 37.4 Å². The lowest BCUT2D eigenvalue weighted by atomic mass is 10.3. The van der Waals surface area contributed by atoms with Crippen LogP contribution in [0, 0.1) is 0 Å². The van der Waals surface area contributed by atoms with E-state index in [4.69, 9.17) is 0 Å². The highest BCUT2D eigenvalue weighted by Crippen LogP contribution is 2.14. The highest BCUT2D eigenvalue weighted by molar-refractivity contribution is 7.97. The number of carbonyl (C=O) groups excluding carboxylic acids is 2. The average molecular weight is 194 g/mol. The Kier molecular flexibility index (Phi) is 2.97. The van der Waals surface area contributed by atoms with Gasteiger partial charge in [0.25, 0.3) is 0 Å². The second kappa shape index (κ2) is 4.00. The van der Waals surface area contributed by atoms with Crippen molar-refractivity contribution >= 4 is 29.5 Å². The summed E-state index contributed by atoms with van der Waals surface area (Å²) in [4.78, 5) is 22.9. The third-order valence-corrected chi connectivity index (χ3v) is 1.69. The van der Waals surface area contributed by atoms with Gasteiger partial charge >= 0.3 is 5.24 Å². The molecule has 0 fully saturated rings. The molecule has 13 heavy (non-hydrogen) atoms. The Morgan fingerprint density at radius 2 is 1.77 bits per heavy atom. The van der Waals surface area contributed by atoms with Crippen LogP contribution in [0.2, 0.25) is 0 Å². The molecule has 0 unspecified atom stereocenters. The van der Waals surface area contributed by atoms with Gasteiger partial charge in [0.1, 0.15) is 0 Å². The molecule has 0 saturated carbocycles. The first-order chi connectivity index (χ1) is 6.13. The lowest BCUT2D eigenvalue weighted by Gasteiger charge is -2.14. The Hall–Kier alpha value is -1.42. The molecule has 0 aliphatic rings. The molecule has 1 rings (SSSR count). The van der Waals surface area contributed by atoms with Crippen molar-refractivity contribution in [1.82, 2.24) is 0 Å². The summed E-state index contributed by atoms with van der Waals surface area (Å²) in [6.07, 6.45) is 0. The summed E-state index contributed by atoms with van der Waals surface area (Å²) in [6, 6.07) is 8.60. The Balaban J connectivity index is 3.03. The maximum absolute atomic E-state index is 11.0. The van der Waals surface area contributed by atoms with E-state index < -0.39 is 5.24 Å². The lowest BCUT2D eigenvalue weighted by Crippen LogP contribution is -2.30. The molecular weight excluding hydrogens is 186 g/mol. The van der Waals surface area contributed by atoms with Crippen molar-refractivity contribution in [2.75, 3.05) is 4.90 Å². The molecule has 0 saturated heterocycles. The maximum atomic E-state index is 11.0. The van der Waals surface area contributed by atoms with Crippen LogP contribution >= 0.6 is 12.6 Å². The molecule has 0 aromatic heterocycles. The maximum Gasteiger partial charge on any atom is 0.324 e. The minimum atomic E-state index is -0.682.